The molecule has 0 bridgehead atoms. The molecule has 2 rings (SSSR count). The molecular weight excluding hydrogens is 371 g/mol. The SMILES string of the molecule is [CH2][C@H]1O[C@@H](n2ccc(=O)[nH]c2=O)[C@H](OC)[C@@H]1OP(=O)(O)OCCCCO. The van der Waals surface area contributed by atoms with Crippen LogP contribution in [0.4, 0.5) is 0 Å². The molecule has 11 nitrogen and oxygen atoms in total. The Morgan fingerprint density at radius 1 is 1.38 bits per heavy atom. The van der Waals surface area contributed by atoms with Gasteiger partial charge in [-0.15, -0.1) is 0 Å². The first-order chi connectivity index (χ1) is 12.3. The van der Waals surface area contributed by atoms with Crippen LogP contribution >= 0.6 is 7.82 Å². The zero-order valence-electron chi connectivity index (χ0n) is 14.1. The second-order valence-corrected chi connectivity index (χ2v) is 6.99. The lowest BCUT2D eigenvalue weighted by Crippen LogP contribution is -2.39. The number of rotatable bonds is 9. The number of aromatic nitrogens is 2. The number of H-pyrrole nitrogens is 1. The van der Waals surface area contributed by atoms with Gasteiger partial charge in [0.2, 0.25) is 0 Å². The number of aliphatic hydroxyl groups is 1. The molecule has 1 radical (unpaired) electrons. The quantitative estimate of drug-likeness (QED) is 0.375. The third-order valence-corrected chi connectivity index (χ3v) is 4.76. The Labute approximate surface area is 149 Å². The normalized spacial score (nSPS) is 28.2. The van der Waals surface area contributed by atoms with Crippen molar-refractivity contribution in [3.05, 3.63) is 40.0 Å². The van der Waals surface area contributed by atoms with Crippen LogP contribution in [0.15, 0.2) is 21.9 Å². The van der Waals surface area contributed by atoms with Gasteiger partial charge in [-0.2, -0.15) is 0 Å². The van der Waals surface area contributed by atoms with Gasteiger partial charge in [-0.3, -0.25) is 23.4 Å². The number of ether oxygens (including phenoxy) is 2. The van der Waals surface area contributed by atoms with E-state index in [-0.39, 0.29) is 13.2 Å². The molecule has 2 heterocycles. The molecule has 0 spiro atoms. The van der Waals surface area contributed by atoms with Gasteiger partial charge in [0.05, 0.1) is 12.7 Å². The third-order valence-electron chi connectivity index (χ3n) is 3.74. The molecule has 3 N–H and O–H groups in total. The number of aliphatic hydroxyl groups excluding tert-OH is 1. The van der Waals surface area contributed by atoms with E-state index in [0.717, 1.165) is 10.6 Å². The number of nitrogens with zero attached hydrogens (tertiary/aromatic N) is 1. The Hall–Kier alpha value is -1.33. The van der Waals surface area contributed by atoms with Gasteiger partial charge in [-0.1, -0.05) is 0 Å². The van der Waals surface area contributed by atoms with Crippen molar-refractivity contribution in [2.24, 2.45) is 0 Å². The van der Waals surface area contributed by atoms with E-state index in [1.165, 1.54) is 13.3 Å². The van der Waals surface area contributed by atoms with E-state index in [1.807, 2.05) is 0 Å². The van der Waals surface area contributed by atoms with Crippen molar-refractivity contribution >= 4 is 7.82 Å². The highest BCUT2D eigenvalue weighted by molar-refractivity contribution is 7.47. The van der Waals surface area contributed by atoms with Crippen LogP contribution in [0.1, 0.15) is 19.1 Å². The molecule has 0 amide bonds. The van der Waals surface area contributed by atoms with E-state index in [9.17, 15) is 19.0 Å². The molecule has 147 valence electrons. The van der Waals surface area contributed by atoms with Crippen LogP contribution in [0.2, 0.25) is 0 Å². The van der Waals surface area contributed by atoms with Crippen LogP contribution in [0, 0.1) is 6.92 Å². The lowest BCUT2D eigenvalue weighted by Gasteiger charge is -2.24. The first kappa shape index (κ1) is 21.0. The van der Waals surface area contributed by atoms with Gasteiger partial charge < -0.3 is 19.5 Å². The van der Waals surface area contributed by atoms with E-state index >= 15 is 0 Å². The first-order valence-electron chi connectivity index (χ1n) is 7.88. The molecule has 1 unspecified atom stereocenters. The first-order valence-corrected chi connectivity index (χ1v) is 9.38. The molecule has 0 aliphatic carbocycles. The van der Waals surface area contributed by atoms with Gasteiger partial charge in [-0.05, 0) is 19.8 Å². The van der Waals surface area contributed by atoms with Gasteiger partial charge in [0, 0.05) is 26.0 Å². The Bertz CT molecular complexity index is 748. The van der Waals surface area contributed by atoms with Gasteiger partial charge in [0.1, 0.15) is 12.2 Å². The molecule has 5 atom stereocenters. The van der Waals surface area contributed by atoms with E-state index in [0.29, 0.717) is 12.8 Å². The largest absolute Gasteiger partial charge is 0.472 e. The van der Waals surface area contributed by atoms with Gasteiger partial charge in [-0.25, -0.2) is 9.36 Å². The van der Waals surface area contributed by atoms with Gasteiger partial charge in [0.15, 0.2) is 6.23 Å². The molecule has 0 aromatic carbocycles. The summed E-state index contributed by atoms with van der Waals surface area (Å²) in [7, 11) is -3.12. The van der Waals surface area contributed by atoms with Crippen LogP contribution in [-0.4, -0.2) is 58.2 Å². The fourth-order valence-electron chi connectivity index (χ4n) is 2.52. The molecule has 1 saturated heterocycles. The smallest absolute Gasteiger partial charge is 0.396 e. The van der Waals surface area contributed by atoms with Crippen LogP contribution in [0.25, 0.3) is 0 Å². The summed E-state index contributed by atoms with van der Waals surface area (Å²) in [5.74, 6) is 0. The lowest BCUT2D eigenvalue weighted by atomic mass is 10.1. The van der Waals surface area contributed by atoms with Crippen molar-refractivity contribution in [1.82, 2.24) is 9.55 Å². The number of hydrogen-bond donors (Lipinski definition) is 3. The fourth-order valence-corrected chi connectivity index (χ4v) is 3.50. The average molecular weight is 393 g/mol. The monoisotopic (exact) mass is 393 g/mol. The number of unbranched alkanes of at least 4 members (excludes halogenated alkanes) is 1. The lowest BCUT2D eigenvalue weighted by molar-refractivity contribution is -0.0495. The summed E-state index contributed by atoms with van der Waals surface area (Å²) < 4.78 is 33.9. The number of aromatic amines is 1. The molecule has 1 aliphatic heterocycles. The zero-order valence-corrected chi connectivity index (χ0v) is 15.0. The summed E-state index contributed by atoms with van der Waals surface area (Å²) in [6, 6.07) is 1.13. The molecule has 1 aromatic rings. The third kappa shape index (κ3) is 5.10. The molecule has 1 aliphatic rings. The molecule has 1 aromatic heterocycles. The highest BCUT2D eigenvalue weighted by atomic mass is 31.2. The highest BCUT2D eigenvalue weighted by Gasteiger charge is 2.48. The predicted octanol–water partition coefficient (Wildman–Crippen LogP) is -0.442. The summed E-state index contributed by atoms with van der Waals surface area (Å²) in [5.41, 5.74) is -1.31. The van der Waals surface area contributed by atoms with Crippen molar-refractivity contribution in [1.29, 1.82) is 0 Å². The van der Waals surface area contributed by atoms with E-state index < -0.39 is 43.6 Å². The zero-order chi connectivity index (χ0) is 19.3. The van der Waals surface area contributed by atoms with E-state index in [1.54, 1.807) is 0 Å². The Balaban J connectivity index is 2.13. The summed E-state index contributed by atoms with van der Waals surface area (Å²) >= 11 is 0. The maximum Gasteiger partial charge on any atom is 0.472 e. The van der Waals surface area contributed by atoms with E-state index in [2.05, 4.69) is 11.9 Å². The maximum absolute atomic E-state index is 12.1. The molecule has 0 saturated carbocycles. The van der Waals surface area contributed by atoms with Crippen molar-refractivity contribution in [2.45, 2.75) is 37.4 Å². The number of nitrogens with one attached hydrogen (secondary N) is 1. The Kier molecular flexibility index (Phi) is 7.30. The van der Waals surface area contributed by atoms with Gasteiger partial charge >= 0.3 is 13.5 Å². The molecule has 26 heavy (non-hydrogen) atoms. The molecular formula is C14H22N2O9P. The second-order valence-electron chi connectivity index (χ2n) is 5.59. The number of hydrogen-bond acceptors (Lipinski definition) is 8. The van der Waals surface area contributed by atoms with Gasteiger partial charge in [0.25, 0.3) is 5.56 Å². The maximum atomic E-state index is 12.1. The van der Waals surface area contributed by atoms with Crippen molar-refractivity contribution < 1.29 is 33.1 Å². The van der Waals surface area contributed by atoms with Crippen molar-refractivity contribution in [2.75, 3.05) is 20.3 Å². The molecule has 12 heteroatoms. The van der Waals surface area contributed by atoms with E-state index in [4.69, 9.17) is 23.6 Å². The summed E-state index contributed by atoms with van der Waals surface area (Å²) in [6.45, 7) is 3.56. The van der Waals surface area contributed by atoms with Crippen molar-refractivity contribution in [3.63, 3.8) is 0 Å². The van der Waals surface area contributed by atoms with Crippen LogP contribution < -0.4 is 11.2 Å². The van der Waals surface area contributed by atoms with Crippen LogP contribution in [0.5, 0.6) is 0 Å². The minimum atomic E-state index is -4.43. The minimum Gasteiger partial charge on any atom is -0.396 e. The van der Waals surface area contributed by atoms with Crippen molar-refractivity contribution in [3.8, 4) is 0 Å². The highest BCUT2D eigenvalue weighted by Crippen LogP contribution is 2.48. The Morgan fingerprint density at radius 2 is 2.12 bits per heavy atom. The summed E-state index contributed by atoms with van der Waals surface area (Å²) in [4.78, 5) is 35.1. The fraction of sp³-hybridized carbons (Fsp3) is 0.643. The predicted molar refractivity (Wildman–Crippen MR) is 88.4 cm³/mol. The standard InChI is InChI=1S/C14H22N2O9P/c1-9-11(25-26(20,21)23-8-4-3-7-17)12(22-2)13(24-9)16-6-5-10(18)15-14(16)19/h5-6,9,11-13,17H,1,3-4,7-8H2,2H3,(H,20,21)(H,15,18,19)/t9-,11-,12-,13-/m1/s1. The topological polar surface area (TPSA) is 149 Å². The van der Waals surface area contributed by atoms with Crippen LogP contribution in [0.3, 0.4) is 0 Å². The number of phosphoric ester groups is 1. The average Bonchev–Trinajstić information content (AvgIpc) is 2.87. The summed E-state index contributed by atoms with van der Waals surface area (Å²) in [6.07, 6.45) is -2.00. The number of methoxy groups -OCH3 is 1. The second kappa shape index (κ2) is 9.05. The minimum absolute atomic E-state index is 0.0568. The number of phosphoric acid groups is 1. The van der Waals surface area contributed by atoms with Crippen LogP contribution in [-0.2, 0) is 23.1 Å². The summed E-state index contributed by atoms with van der Waals surface area (Å²) in [5, 5.41) is 8.69. The molecule has 1 fully saturated rings. The Morgan fingerprint density at radius 3 is 2.73 bits per heavy atom.